The number of ether oxygens (including phenoxy) is 1. The lowest BCUT2D eigenvalue weighted by Gasteiger charge is -2.26. The largest absolute Gasteiger partial charge is 0.495 e. The summed E-state index contributed by atoms with van der Waals surface area (Å²) in [5.41, 5.74) is 3.11. The highest BCUT2D eigenvalue weighted by Crippen LogP contribution is 2.31. The second kappa shape index (κ2) is 9.88. The molecule has 0 radical (unpaired) electrons. The van der Waals surface area contributed by atoms with Crippen molar-refractivity contribution in [2.45, 2.75) is 49.5 Å². The number of rotatable bonds is 6. The van der Waals surface area contributed by atoms with Crippen LogP contribution in [0.5, 0.6) is 5.75 Å². The predicted molar refractivity (Wildman–Crippen MR) is 125 cm³/mol. The number of amides is 1. The van der Waals surface area contributed by atoms with Crippen molar-refractivity contribution in [3.63, 3.8) is 0 Å². The molecule has 4 rings (SSSR count). The van der Waals surface area contributed by atoms with Gasteiger partial charge in [-0.15, -0.1) is 0 Å². The van der Waals surface area contributed by atoms with E-state index in [0.717, 1.165) is 38.5 Å². The first kappa shape index (κ1) is 22.6. The fourth-order valence-corrected chi connectivity index (χ4v) is 6.25. The minimum atomic E-state index is -3.65. The van der Waals surface area contributed by atoms with Crippen molar-refractivity contribution in [3.8, 4) is 5.75 Å². The van der Waals surface area contributed by atoms with E-state index in [0.29, 0.717) is 24.4 Å². The third kappa shape index (κ3) is 4.89. The second-order valence-corrected chi connectivity index (χ2v) is 10.3. The molecule has 1 amide bonds. The average molecular weight is 455 g/mol. The maximum absolute atomic E-state index is 13.2. The molecule has 1 saturated heterocycles. The van der Waals surface area contributed by atoms with E-state index < -0.39 is 10.0 Å². The van der Waals surface area contributed by atoms with Gasteiger partial charge in [0.25, 0.3) is 0 Å². The van der Waals surface area contributed by atoms with Gasteiger partial charge in [0.15, 0.2) is 0 Å². The lowest BCUT2D eigenvalue weighted by atomic mass is 9.88. The smallest absolute Gasteiger partial charge is 0.246 e. The van der Waals surface area contributed by atoms with Crippen LogP contribution >= 0.6 is 0 Å². The van der Waals surface area contributed by atoms with Gasteiger partial charge in [0.1, 0.15) is 10.6 Å². The third-order valence-electron chi connectivity index (χ3n) is 6.23. The molecule has 32 heavy (non-hydrogen) atoms. The Morgan fingerprint density at radius 1 is 1.09 bits per heavy atom. The van der Waals surface area contributed by atoms with Crippen LogP contribution in [0, 0.1) is 0 Å². The van der Waals surface area contributed by atoms with Crippen LogP contribution in [-0.2, 0) is 21.2 Å². The monoisotopic (exact) mass is 454 g/mol. The number of hydrogen-bond acceptors (Lipinski definition) is 4. The Morgan fingerprint density at radius 2 is 1.88 bits per heavy atom. The van der Waals surface area contributed by atoms with E-state index in [1.165, 1.54) is 28.6 Å². The first-order valence-corrected chi connectivity index (χ1v) is 12.7. The van der Waals surface area contributed by atoms with E-state index in [1.807, 2.05) is 12.1 Å². The lowest BCUT2D eigenvalue weighted by molar-refractivity contribution is -0.117. The molecule has 0 aromatic heterocycles. The van der Waals surface area contributed by atoms with Crippen molar-refractivity contribution >= 4 is 22.0 Å². The normalized spacial score (nSPS) is 19.5. The van der Waals surface area contributed by atoms with E-state index in [4.69, 9.17) is 4.74 Å². The molecule has 2 aromatic carbocycles. The van der Waals surface area contributed by atoms with Crippen molar-refractivity contribution < 1.29 is 17.9 Å². The van der Waals surface area contributed by atoms with Crippen molar-refractivity contribution in [1.29, 1.82) is 0 Å². The zero-order chi connectivity index (χ0) is 22.6. The van der Waals surface area contributed by atoms with Crippen LogP contribution in [0.3, 0.4) is 0 Å². The van der Waals surface area contributed by atoms with Crippen LogP contribution in [0.2, 0.25) is 0 Å². The molecule has 2 aliphatic rings. The summed E-state index contributed by atoms with van der Waals surface area (Å²) in [6, 6.07) is 13.2. The highest BCUT2D eigenvalue weighted by molar-refractivity contribution is 7.89. The second-order valence-electron chi connectivity index (χ2n) is 8.36. The zero-order valence-corrected chi connectivity index (χ0v) is 19.2. The molecule has 170 valence electrons. The summed E-state index contributed by atoms with van der Waals surface area (Å²) in [6.45, 7) is 1.05. The molecule has 1 aliphatic carbocycles. The average Bonchev–Trinajstić information content (AvgIpc) is 2.83. The number of carbonyl (C=O) groups is 1. The summed E-state index contributed by atoms with van der Waals surface area (Å²) in [4.78, 5) is 12.7. The highest BCUT2D eigenvalue weighted by Gasteiger charge is 2.29. The van der Waals surface area contributed by atoms with Gasteiger partial charge in [-0.05, 0) is 67.0 Å². The Morgan fingerprint density at radius 3 is 2.66 bits per heavy atom. The van der Waals surface area contributed by atoms with Crippen molar-refractivity contribution in [3.05, 3.63) is 65.2 Å². The molecule has 1 N–H and O–H groups in total. The Labute approximate surface area is 190 Å². The molecule has 1 heterocycles. The van der Waals surface area contributed by atoms with Crippen LogP contribution in [0.15, 0.2) is 53.4 Å². The number of carbonyl (C=O) groups excluding carboxylic acids is 1. The Bertz CT molecular complexity index is 1100. The van der Waals surface area contributed by atoms with Crippen LogP contribution in [0.1, 0.15) is 54.8 Å². The predicted octanol–water partition coefficient (Wildman–Crippen LogP) is 4.08. The number of methoxy groups -OCH3 is 1. The highest BCUT2D eigenvalue weighted by atomic mass is 32.2. The summed E-state index contributed by atoms with van der Waals surface area (Å²) >= 11 is 0. The Kier molecular flexibility index (Phi) is 6.96. The first-order valence-electron chi connectivity index (χ1n) is 11.2. The summed E-state index contributed by atoms with van der Waals surface area (Å²) in [5.74, 6) is 0.124. The molecule has 0 spiro atoms. The molecule has 0 bridgehead atoms. The van der Waals surface area contributed by atoms with Crippen molar-refractivity contribution in [2.24, 2.45) is 0 Å². The number of nitrogens with zero attached hydrogens (tertiary/aromatic N) is 1. The quantitative estimate of drug-likeness (QED) is 0.668. The van der Waals surface area contributed by atoms with Crippen LogP contribution in [0.4, 0.5) is 0 Å². The van der Waals surface area contributed by atoms with Gasteiger partial charge in [0.2, 0.25) is 15.9 Å². The molecular formula is C25H30N2O4S. The molecule has 0 unspecified atom stereocenters. The Hall–Kier alpha value is -2.64. The van der Waals surface area contributed by atoms with E-state index in [1.54, 1.807) is 24.3 Å². The fourth-order valence-electron chi connectivity index (χ4n) is 4.54. The maximum Gasteiger partial charge on any atom is 0.246 e. The van der Waals surface area contributed by atoms with E-state index in [9.17, 15) is 13.2 Å². The van der Waals surface area contributed by atoms with E-state index in [2.05, 4.69) is 17.4 Å². The SMILES string of the molecule is COc1ccc(/C=C/C(=O)N[C@@H]2CCCc3ccccc32)cc1S(=O)(=O)N1CCCCC1. The molecule has 1 fully saturated rings. The zero-order valence-electron chi connectivity index (χ0n) is 18.4. The van der Waals surface area contributed by atoms with Crippen molar-refractivity contribution in [2.75, 3.05) is 20.2 Å². The molecule has 1 atom stereocenters. The summed E-state index contributed by atoms with van der Waals surface area (Å²) in [6.07, 6.45) is 8.90. The molecule has 6 nitrogen and oxygen atoms in total. The maximum atomic E-state index is 13.2. The fraction of sp³-hybridized carbons (Fsp3) is 0.400. The van der Waals surface area contributed by atoms with E-state index >= 15 is 0 Å². The number of aryl methyl sites for hydroxylation is 1. The number of fused-ring (bicyclic) bond motifs is 1. The summed E-state index contributed by atoms with van der Waals surface area (Å²) < 4.78 is 33.2. The minimum absolute atomic E-state index is 0.00278. The molecule has 1 aliphatic heterocycles. The molecule has 0 saturated carbocycles. The number of hydrogen-bond donors (Lipinski definition) is 1. The van der Waals surface area contributed by atoms with Crippen LogP contribution < -0.4 is 10.1 Å². The Balaban J connectivity index is 1.51. The number of benzene rings is 2. The van der Waals surface area contributed by atoms with Gasteiger partial charge in [-0.1, -0.05) is 36.8 Å². The standard InChI is InChI=1S/C25H30N2O4S/c1-31-23-14-12-19(18-24(23)32(29,30)27-16-5-2-6-17-27)13-15-25(28)26-22-11-7-9-20-8-3-4-10-21(20)22/h3-4,8,10,12-15,18,22H,2,5-7,9,11,16-17H2,1H3,(H,26,28)/b15-13+/t22-/m1/s1. The molecular weight excluding hydrogens is 424 g/mol. The van der Waals surface area contributed by atoms with Gasteiger partial charge in [-0.25, -0.2) is 8.42 Å². The first-order chi connectivity index (χ1) is 15.5. The van der Waals surface area contributed by atoms with Gasteiger partial charge in [-0.2, -0.15) is 4.31 Å². The van der Waals surface area contributed by atoms with Crippen LogP contribution in [-0.4, -0.2) is 38.8 Å². The summed E-state index contributed by atoms with van der Waals surface area (Å²) in [5, 5.41) is 3.09. The van der Waals surface area contributed by atoms with Gasteiger partial charge in [0, 0.05) is 19.2 Å². The van der Waals surface area contributed by atoms with Crippen LogP contribution in [0.25, 0.3) is 6.08 Å². The summed E-state index contributed by atoms with van der Waals surface area (Å²) in [7, 11) is -2.18. The topological polar surface area (TPSA) is 75.7 Å². The van der Waals surface area contributed by atoms with Gasteiger partial charge in [-0.3, -0.25) is 4.79 Å². The number of nitrogens with one attached hydrogen (secondary N) is 1. The van der Waals surface area contributed by atoms with Gasteiger partial charge >= 0.3 is 0 Å². The lowest BCUT2D eigenvalue weighted by Crippen LogP contribution is -2.35. The van der Waals surface area contributed by atoms with Gasteiger partial charge < -0.3 is 10.1 Å². The number of piperidine rings is 1. The minimum Gasteiger partial charge on any atom is -0.495 e. The van der Waals surface area contributed by atoms with Crippen molar-refractivity contribution in [1.82, 2.24) is 9.62 Å². The third-order valence-corrected chi connectivity index (χ3v) is 8.15. The molecule has 7 heteroatoms. The van der Waals surface area contributed by atoms with Gasteiger partial charge in [0.05, 0.1) is 13.2 Å². The number of sulfonamides is 1. The molecule has 2 aromatic rings. The van der Waals surface area contributed by atoms with E-state index in [-0.39, 0.29) is 16.8 Å².